The van der Waals surface area contributed by atoms with Crippen LogP contribution in [0.4, 0.5) is 4.39 Å². The summed E-state index contributed by atoms with van der Waals surface area (Å²) in [6.07, 6.45) is 5.49. The lowest BCUT2D eigenvalue weighted by molar-refractivity contribution is -0.168. The molecule has 5 rings (SSSR count). The van der Waals surface area contributed by atoms with E-state index in [4.69, 9.17) is 16.3 Å². The van der Waals surface area contributed by atoms with Crippen LogP contribution >= 0.6 is 11.6 Å². The van der Waals surface area contributed by atoms with Crippen molar-refractivity contribution in [1.82, 2.24) is 0 Å². The van der Waals surface area contributed by atoms with Crippen molar-refractivity contribution in [2.45, 2.75) is 43.4 Å². The first kappa shape index (κ1) is 16.1. The monoisotopic (exact) mass is 350 g/mol. The number of carbonyl (C=O) groups is 2. The summed E-state index contributed by atoms with van der Waals surface area (Å²) in [4.78, 5) is 24.6. The van der Waals surface area contributed by atoms with Crippen LogP contribution in [-0.4, -0.2) is 23.2 Å². The lowest BCUT2D eigenvalue weighted by Crippen LogP contribution is -2.56. The Hall–Kier alpha value is -1.42. The first-order chi connectivity index (χ1) is 11.4. The standard InChI is InChI=1S/C19H20ClFO3/c20-19-8-12-5-13(9-19)7-18(6-12,11-19)17(23)24-10-16(22)14-1-3-15(21)4-2-14/h1-4,12-13H,5-11H2/t12-,13+,18?,19?. The highest BCUT2D eigenvalue weighted by molar-refractivity contribution is 6.24. The van der Waals surface area contributed by atoms with Gasteiger partial charge in [-0.3, -0.25) is 9.59 Å². The molecule has 4 fully saturated rings. The summed E-state index contributed by atoms with van der Waals surface area (Å²) in [5, 5.41) is 0. The van der Waals surface area contributed by atoms with Crippen LogP contribution in [-0.2, 0) is 9.53 Å². The molecule has 2 unspecified atom stereocenters. The molecule has 0 N–H and O–H groups in total. The van der Waals surface area contributed by atoms with Gasteiger partial charge in [-0.2, -0.15) is 0 Å². The van der Waals surface area contributed by atoms with Crippen molar-refractivity contribution in [3.63, 3.8) is 0 Å². The van der Waals surface area contributed by atoms with Crippen molar-refractivity contribution in [1.29, 1.82) is 0 Å². The summed E-state index contributed by atoms with van der Waals surface area (Å²) >= 11 is 6.73. The zero-order valence-electron chi connectivity index (χ0n) is 13.4. The lowest BCUT2D eigenvalue weighted by atomic mass is 9.49. The Balaban J connectivity index is 1.43. The number of ether oxygens (including phenoxy) is 1. The number of alkyl halides is 1. The lowest BCUT2D eigenvalue weighted by Gasteiger charge is -2.58. The van der Waals surface area contributed by atoms with Crippen LogP contribution in [0.15, 0.2) is 24.3 Å². The SMILES string of the molecule is O=C(COC(=O)C12C[C@@H]3C[C@@H](CC(Cl)(C3)C1)C2)c1ccc(F)cc1. The molecule has 3 nitrogen and oxygen atoms in total. The Kier molecular flexibility index (Phi) is 3.72. The molecule has 24 heavy (non-hydrogen) atoms. The number of halogens is 2. The summed E-state index contributed by atoms with van der Waals surface area (Å²) < 4.78 is 18.3. The third kappa shape index (κ3) is 2.75. The van der Waals surface area contributed by atoms with Gasteiger partial charge in [0.1, 0.15) is 5.82 Å². The zero-order valence-corrected chi connectivity index (χ0v) is 14.2. The van der Waals surface area contributed by atoms with Crippen LogP contribution in [0.25, 0.3) is 0 Å². The third-order valence-corrected chi connectivity index (χ3v) is 6.37. The van der Waals surface area contributed by atoms with Gasteiger partial charge in [-0.05, 0) is 74.6 Å². The quantitative estimate of drug-likeness (QED) is 0.466. The average Bonchev–Trinajstić information content (AvgIpc) is 2.50. The first-order valence-corrected chi connectivity index (χ1v) is 8.90. The van der Waals surface area contributed by atoms with E-state index >= 15 is 0 Å². The van der Waals surface area contributed by atoms with Gasteiger partial charge in [0, 0.05) is 10.4 Å². The molecule has 0 aliphatic heterocycles. The molecule has 4 aliphatic rings. The molecule has 0 saturated heterocycles. The highest BCUT2D eigenvalue weighted by Crippen LogP contribution is 2.64. The zero-order chi connectivity index (χ0) is 16.9. The number of benzene rings is 1. The molecular formula is C19H20ClFO3. The van der Waals surface area contributed by atoms with Crippen molar-refractivity contribution >= 4 is 23.4 Å². The molecule has 4 saturated carbocycles. The van der Waals surface area contributed by atoms with E-state index in [1.807, 2.05) is 0 Å². The molecule has 4 bridgehead atoms. The second-order valence-electron chi connectivity index (χ2n) is 7.90. The van der Waals surface area contributed by atoms with Gasteiger partial charge in [0.2, 0.25) is 0 Å². The Labute approximate surface area is 145 Å². The highest BCUT2D eigenvalue weighted by atomic mass is 35.5. The van der Waals surface area contributed by atoms with E-state index in [0.717, 1.165) is 32.1 Å². The number of hydrogen-bond acceptors (Lipinski definition) is 3. The Morgan fingerprint density at radius 1 is 1.12 bits per heavy atom. The van der Waals surface area contributed by atoms with Crippen LogP contribution in [0.1, 0.15) is 48.9 Å². The summed E-state index contributed by atoms with van der Waals surface area (Å²) in [5.74, 6) is 0.0171. The maximum Gasteiger partial charge on any atom is 0.312 e. The normalized spacial score (nSPS) is 36.6. The molecule has 5 heteroatoms. The fourth-order valence-electron chi connectivity index (χ4n) is 5.39. The van der Waals surface area contributed by atoms with Gasteiger partial charge < -0.3 is 4.74 Å². The molecule has 0 spiro atoms. The number of hydrogen-bond donors (Lipinski definition) is 0. The van der Waals surface area contributed by atoms with Gasteiger partial charge in [-0.25, -0.2) is 4.39 Å². The van der Waals surface area contributed by atoms with Crippen LogP contribution in [0.5, 0.6) is 0 Å². The predicted octanol–water partition coefficient (Wildman–Crippen LogP) is 4.13. The Morgan fingerprint density at radius 3 is 2.33 bits per heavy atom. The predicted molar refractivity (Wildman–Crippen MR) is 87.4 cm³/mol. The summed E-state index contributed by atoms with van der Waals surface area (Å²) in [6.45, 7) is -0.295. The van der Waals surface area contributed by atoms with Crippen molar-refractivity contribution < 1.29 is 18.7 Å². The van der Waals surface area contributed by atoms with Crippen LogP contribution in [0.2, 0.25) is 0 Å². The second-order valence-corrected chi connectivity index (χ2v) is 8.70. The maximum absolute atomic E-state index is 12.9. The Bertz CT molecular complexity index is 670. The number of rotatable bonds is 4. The van der Waals surface area contributed by atoms with Crippen molar-refractivity contribution in [2.24, 2.45) is 17.3 Å². The fraction of sp³-hybridized carbons (Fsp3) is 0.579. The van der Waals surface area contributed by atoms with E-state index in [1.54, 1.807) is 0 Å². The topological polar surface area (TPSA) is 43.4 Å². The van der Waals surface area contributed by atoms with Gasteiger partial charge in [0.05, 0.1) is 5.41 Å². The minimum absolute atomic E-state index is 0.260. The third-order valence-electron chi connectivity index (χ3n) is 5.92. The van der Waals surface area contributed by atoms with Crippen LogP contribution < -0.4 is 0 Å². The molecule has 0 radical (unpaired) electrons. The minimum Gasteiger partial charge on any atom is -0.457 e. The van der Waals surface area contributed by atoms with Crippen molar-refractivity contribution in [2.75, 3.05) is 6.61 Å². The molecule has 1 aromatic rings. The number of carbonyl (C=O) groups excluding carboxylic acids is 2. The molecule has 0 aromatic heterocycles. The average molecular weight is 351 g/mol. The van der Waals surface area contributed by atoms with Crippen molar-refractivity contribution in [3.05, 3.63) is 35.6 Å². The van der Waals surface area contributed by atoms with Gasteiger partial charge in [0.15, 0.2) is 12.4 Å². The van der Waals surface area contributed by atoms with E-state index < -0.39 is 11.2 Å². The van der Waals surface area contributed by atoms with Gasteiger partial charge in [0.25, 0.3) is 0 Å². The van der Waals surface area contributed by atoms with Gasteiger partial charge in [-0.1, -0.05) is 0 Å². The summed E-state index contributed by atoms with van der Waals surface area (Å²) in [7, 11) is 0. The maximum atomic E-state index is 12.9. The highest BCUT2D eigenvalue weighted by Gasteiger charge is 2.60. The molecule has 1 aromatic carbocycles. The van der Waals surface area contributed by atoms with Crippen LogP contribution in [0.3, 0.4) is 0 Å². The van der Waals surface area contributed by atoms with E-state index in [-0.39, 0.29) is 23.2 Å². The largest absolute Gasteiger partial charge is 0.457 e. The van der Waals surface area contributed by atoms with Gasteiger partial charge >= 0.3 is 5.97 Å². The minimum atomic E-state index is -0.505. The molecular weight excluding hydrogens is 331 g/mol. The first-order valence-electron chi connectivity index (χ1n) is 8.52. The number of Topliss-reactive ketones (excluding diaryl/α,β-unsaturated/α-hetero) is 1. The molecule has 0 heterocycles. The fourth-order valence-corrected chi connectivity index (χ4v) is 6.09. The van der Waals surface area contributed by atoms with E-state index in [2.05, 4.69) is 0 Å². The number of esters is 1. The molecule has 4 aliphatic carbocycles. The number of ketones is 1. The van der Waals surface area contributed by atoms with E-state index in [0.29, 0.717) is 23.8 Å². The van der Waals surface area contributed by atoms with Crippen molar-refractivity contribution in [3.8, 4) is 0 Å². The summed E-state index contributed by atoms with van der Waals surface area (Å²) in [6, 6.07) is 5.27. The second kappa shape index (κ2) is 5.55. The molecule has 128 valence electrons. The smallest absolute Gasteiger partial charge is 0.312 e. The molecule has 4 atom stereocenters. The van der Waals surface area contributed by atoms with Gasteiger partial charge in [-0.15, -0.1) is 11.6 Å². The Morgan fingerprint density at radius 2 is 1.75 bits per heavy atom. The summed E-state index contributed by atoms with van der Waals surface area (Å²) in [5.41, 5.74) is -0.155. The van der Waals surface area contributed by atoms with Crippen LogP contribution in [0, 0.1) is 23.1 Å². The van der Waals surface area contributed by atoms with E-state index in [1.165, 1.54) is 24.3 Å². The molecule has 0 amide bonds. The van der Waals surface area contributed by atoms with E-state index in [9.17, 15) is 14.0 Å².